The van der Waals surface area contributed by atoms with Crippen LogP contribution in [0.1, 0.15) is 17.2 Å². The number of hydrogen-bond acceptors (Lipinski definition) is 3. The van der Waals surface area contributed by atoms with Crippen molar-refractivity contribution in [3.05, 3.63) is 64.1 Å². The predicted octanol–water partition coefficient (Wildman–Crippen LogP) is 1.25. The average Bonchev–Trinajstić information content (AvgIpc) is 2.32. The van der Waals surface area contributed by atoms with E-state index in [4.69, 9.17) is 5.73 Å². The molecule has 0 radical (unpaired) electrons. The lowest BCUT2D eigenvalue weighted by atomic mass is 10.1. The minimum Gasteiger partial charge on any atom is -0.322 e. The van der Waals surface area contributed by atoms with Gasteiger partial charge in [-0.1, -0.05) is 29.8 Å². The van der Waals surface area contributed by atoms with Gasteiger partial charge in [-0.3, -0.25) is 4.79 Å². The van der Waals surface area contributed by atoms with Gasteiger partial charge in [-0.2, -0.15) is 5.10 Å². The molecule has 0 bridgehead atoms. The van der Waals surface area contributed by atoms with Crippen LogP contribution in [0.25, 0.3) is 0 Å². The molecule has 0 spiro atoms. The van der Waals surface area contributed by atoms with Crippen molar-refractivity contribution in [1.29, 1.82) is 0 Å². The Morgan fingerprint density at radius 2 is 2.18 bits per heavy atom. The number of benzene rings is 1. The Labute approximate surface area is 99.7 Å². The summed E-state index contributed by atoms with van der Waals surface area (Å²) in [5.41, 5.74) is 8.11. The van der Waals surface area contributed by atoms with E-state index >= 15 is 0 Å². The van der Waals surface area contributed by atoms with Crippen LogP contribution < -0.4 is 11.3 Å². The van der Waals surface area contributed by atoms with Crippen molar-refractivity contribution in [2.45, 2.75) is 19.5 Å². The van der Waals surface area contributed by atoms with Crippen molar-refractivity contribution in [2.75, 3.05) is 0 Å². The minimum absolute atomic E-state index is 0.129. The van der Waals surface area contributed by atoms with Crippen molar-refractivity contribution in [3.8, 4) is 0 Å². The van der Waals surface area contributed by atoms with Gasteiger partial charge in [-0.25, -0.2) is 4.68 Å². The maximum absolute atomic E-state index is 11.5. The fraction of sp³-hybridized carbons (Fsp3) is 0.231. The third kappa shape index (κ3) is 2.79. The normalized spacial score (nSPS) is 12.4. The molecule has 0 amide bonds. The first-order chi connectivity index (χ1) is 8.16. The molecule has 1 aromatic carbocycles. The van der Waals surface area contributed by atoms with Crippen LogP contribution in [0.5, 0.6) is 0 Å². The summed E-state index contributed by atoms with van der Waals surface area (Å²) >= 11 is 0. The third-order valence-electron chi connectivity index (χ3n) is 2.63. The predicted molar refractivity (Wildman–Crippen MR) is 66.6 cm³/mol. The fourth-order valence-corrected chi connectivity index (χ4v) is 1.72. The first-order valence-corrected chi connectivity index (χ1v) is 5.51. The molecule has 0 saturated carbocycles. The van der Waals surface area contributed by atoms with Gasteiger partial charge in [-0.15, -0.1) is 0 Å². The second-order valence-electron chi connectivity index (χ2n) is 4.06. The number of nitrogens with zero attached hydrogens (tertiary/aromatic N) is 2. The topological polar surface area (TPSA) is 60.9 Å². The first-order valence-electron chi connectivity index (χ1n) is 5.51. The lowest BCUT2D eigenvalue weighted by Gasteiger charge is -2.13. The van der Waals surface area contributed by atoms with E-state index in [0.717, 1.165) is 11.1 Å². The summed E-state index contributed by atoms with van der Waals surface area (Å²) in [5.74, 6) is 0. The molecule has 1 unspecified atom stereocenters. The molecule has 2 rings (SSSR count). The Kier molecular flexibility index (Phi) is 3.35. The van der Waals surface area contributed by atoms with Gasteiger partial charge >= 0.3 is 0 Å². The number of aromatic nitrogens is 2. The highest BCUT2D eigenvalue weighted by Gasteiger charge is 2.08. The van der Waals surface area contributed by atoms with E-state index < -0.39 is 0 Å². The molecule has 1 heterocycles. The number of rotatable bonds is 3. The van der Waals surface area contributed by atoms with Crippen LogP contribution in [0.3, 0.4) is 0 Å². The van der Waals surface area contributed by atoms with E-state index in [2.05, 4.69) is 5.10 Å². The van der Waals surface area contributed by atoms with Gasteiger partial charge in [-0.05, 0) is 18.6 Å². The maximum atomic E-state index is 11.5. The van der Waals surface area contributed by atoms with E-state index in [1.54, 1.807) is 12.3 Å². The Morgan fingerprint density at radius 1 is 1.35 bits per heavy atom. The van der Waals surface area contributed by atoms with Gasteiger partial charge in [0.15, 0.2) is 0 Å². The van der Waals surface area contributed by atoms with Crippen molar-refractivity contribution >= 4 is 0 Å². The molecular formula is C13H15N3O. The summed E-state index contributed by atoms with van der Waals surface area (Å²) in [4.78, 5) is 11.5. The van der Waals surface area contributed by atoms with Crippen LogP contribution in [0.2, 0.25) is 0 Å². The second kappa shape index (κ2) is 4.93. The van der Waals surface area contributed by atoms with Gasteiger partial charge in [0.05, 0.1) is 6.54 Å². The number of hydrogen-bond donors (Lipinski definition) is 1. The summed E-state index contributed by atoms with van der Waals surface area (Å²) in [6, 6.07) is 10.9. The van der Waals surface area contributed by atoms with Crippen LogP contribution in [0.4, 0.5) is 0 Å². The van der Waals surface area contributed by atoms with Crippen LogP contribution in [0.15, 0.2) is 47.4 Å². The van der Waals surface area contributed by atoms with Crippen molar-refractivity contribution in [3.63, 3.8) is 0 Å². The molecule has 0 aliphatic rings. The molecule has 0 aliphatic heterocycles. The molecule has 0 saturated heterocycles. The summed E-state index contributed by atoms with van der Waals surface area (Å²) < 4.78 is 1.38. The first kappa shape index (κ1) is 11.5. The standard InChI is InChI=1S/C13H15N3O/c1-10-4-2-5-11(8-10)12(14)9-16-13(17)6-3-7-15-16/h2-8,12H,9,14H2,1H3. The monoisotopic (exact) mass is 229 g/mol. The highest BCUT2D eigenvalue weighted by molar-refractivity contribution is 5.24. The second-order valence-corrected chi connectivity index (χ2v) is 4.06. The average molecular weight is 229 g/mol. The van der Waals surface area contributed by atoms with Gasteiger partial charge in [0.1, 0.15) is 0 Å². The van der Waals surface area contributed by atoms with Crippen molar-refractivity contribution < 1.29 is 0 Å². The highest BCUT2D eigenvalue weighted by atomic mass is 16.1. The minimum atomic E-state index is -0.220. The molecule has 2 aromatic rings. The van der Waals surface area contributed by atoms with Gasteiger partial charge in [0, 0.05) is 18.3 Å². The van der Waals surface area contributed by atoms with Crippen LogP contribution >= 0.6 is 0 Å². The smallest absolute Gasteiger partial charge is 0.266 e. The Balaban J connectivity index is 2.20. The Bertz CT molecular complexity index is 562. The van der Waals surface area contributed by atoms with Crippen LogP contribution in [0, 0.1) is 6.92 Å². The van der Waals surface area contributed by atoms with Crippen molar-refractivity contribution in [2.24, 2.45) is 5.73 Å². The fourth-order valence-electron chi connectivity index (χ4n) is 1.72. The van der Waals surface area contributed by atoms with Gasteiger partial charge < -0.3 is 5.73 Å². The molecule has 1 atom stereocenters. The summed E-state index contributed by atoms with van der Waals surface area (Å²) in [6.45, 7) is 2.41. The molecule has 4 nitrogen and oxygen atoms in total. The lowest BCUT2D eigenvalue weighted by Crippen LogP contribution is -2.27. The molecule has 1 aromatic heterocycles. The molecular weight excluding hydrogens is 214 g/mol. The summed E-state index contributed by atoms with van der Waals surface area (Å²) in [7, 11) is 0. The molecule has 88 valence electrons. The van der Waals surface area contributed by atoms with Crippen molar-refractivity contribution in [1.82, 2.24) is 9.78 Å². The molecule has 0 fully saturated rings. The summed E-state index contributed by atoms with van der Waals surface area (Å²) in [5, 5.41) is 3.99. The van der Waals surface area contributed by atoms with Gasteiger partial charge in [0.25, 0.3) is 5.56 Å². The maximum Gasteiger partial charge on any atom is 0.266 e. The molecule has 4 heteroatoms. The zero-order valence-corrected chi connectivity index (χ0v) is 9.71. The van der Waals surface area contributed by atoms with Crippen LogP contribution in [-0.4, -0.2) is 9.78 Å². The van der Waals surface area contributed by atoms with E-state index in [-0.39, 0.29) is 11.6 Å². The SMILES string of the molecule is Cc1cccc(C(N)Cn2ncccc2=O)c1. The molecule has 0 aliphatic carbocycles. The number of nitrogens with two attached hydrogens (primary N) is 1. The van der Waals surface area contributed by atoms with E-state index in [9.17, 15) is 4.79 Å². The highest BCUT2D eigenvalue weighted by Crippen LogP contribution is 2.12. The lowest BCUT2D eigenvalue weighted by molar-refractivity contribution is 0.503. The number of aryl methyl sites for hydroxylation is 1. The summed E-state index contributed by atoms with van der Waals surface area (Å²) in [6.07, 6.45) is 1.59. The largest absolute Gasteiger partial charge is 0.322 e. The Morgan fingerprint density at radius 3 is 2.88 bits per heavy atom. The molecule has 17 heavy (non-hydrogen) atoms. The molecule has 2 N–H and O–H groups in total. The Hall–Kier alpha value is -1.94. The van der Waals surface area contributed by atoms with E-state index in [0.29, 0.717) is 6.54 Å². The van der Waals surface area contributed by atoms with E-state index in [1.807, 2.05) is 31.2 Å². The zero-order chi connectivity index (χ0) is 12.3. The zero-order valence-electron chi connectivity index (χ0n) is 9.71. The van der Waals surface area contributed by atoms with Crippen LogP contribution in [-0.2, 0) is 6.54 Å². The van der Waals surface area contributed by atoms with Gasteiger partial charge in [0.2, 0.25) is 0 Å². The quantitative estimate of drug-likeness (QED) is 0.861. The third-order valence-corrected chi connectivity index (χ3v) is 2.63. The van der Waals surface area contributed by atoms with E-state index in [1.165, 1.54) is 10.7 Å².